The van der Waals surface area contributed by atoms with Crippen molar-refractivity contribution in [3.8, 4) is 5.75 Å². The smallest absolute Gasteiger partial charge is 0.466 e. The van der Waals surface area contributed by atoms with E-state index < -0.39 is 47.9 Å². The summed E-state index contributed by atoms with van der Waals surface area (Å²) in [6.07, 6.45) is -6.38. The summed E-state index contributed by atoms with van der Waals surface area (Å²) in [5.74, 6) is -2.41. The van der Waals surface area contributed by atoms with Crippen molar-refractivity contribution in [2.45, 2.75) is 59.0 Å². The van der Waals surface area contributed by atoms with Crippen LogP contribution in [0.4, 0.5) is 18.0 Å². The lowest BCUT2D eigenvalue weighted by atomic mass is 10.2. The van der Waals surface area contributed by atoms with E-state index in [4.69, 9.17) is 16.3 Å². The Morgan fingerprint density at radius 2 is 1.77 bits per heavy atom. The number of alkyl halides is 3. The number of halogens is 4. The van der Waals surface area contributed by atoms with Gasteiger partial charge in [-0.3, -0.25) is 14.4 Å². The van der Waals surface area contributed by atoms with Gasteiger partial charge in [0.15, 0.2) is 5.78 Å². The van der Waals surface area contributed by atoms with Gasteiger partial charge < -0.3 is 24.4 Å². The molecule has 0 saturated heterocycles. The maximum atomic E-state index is 12.6. The van der Waals surface area contributed by atoms with Crippen LogP contribution in [0.15, 0.2) is 18.2 Å². The zero-order valence-electron chi connectivity index (χ0n) is 19.8. The second-order valence-electron chi connectivity index (χ2n) is 8.26. The van der Waals surface area contributed by atoms with Gasteiger partial charge in [0.05, 0.1) is 18.2 Å². The minimum absolute atomic E-state index is 0.127. The van der Waals surface area contributed by atoms with Crippen molar-refractivity contribution in [1.29, 1.82) is 0 Å². The Hall–Kier alpha value is -3.02. The highest BCUT2D eigenvalue weighted by Gasteiger charge is 2.32. The van der Waals surface area contributed by atoms with Gasteiger partial charge in [0.2, 0.25) is 5.91 Å². The number of nitrogens with zero attached hydrogens (tertiary/aromatic N) is 1. The second-order valence-corrected chi connectivity index (χ2v) is 8.67. The van der Waals surface area contributed by atoms with Crippen LogP contribution < -0.4 is 10.1 Å². The summed E-state index contributed by atoms with van der Waals surface area (Å²) in [4.78, 5) is 49.0. The molecule has 9 nitrogen and oxygen atoms in total. The first-order valence-corrected chi connectivity index (χ1v) is 10.9. The number of amides is 2. The molecule has 0 radical (unpaired) electrons. The van der Waals surface area contributed by atoms with Crippen molar-refractivity contribution in [2.24, 2.45) is 0 Å². The van der Waals surface area contributed by atoms with Crippen LogP contribution in [0.25, 0.3) is 0 Å². The molecule has 0 atom stereocenters. The lowest BCUT2D eigenvalue weighted by Gasteiger charge is -2.27. The summed E-state index contributed by atoms with van der Waals surface area (Å²) in [5, 5.41) is 2.04. The molecule has 0 aromatic heterocycles. The molecule has 0 aliphatic carbocycles. The molecule has 0 bridgehead atoms. The average Bonchev–Trinajstić information content (AvgIpc) is 2.69. The van der Waals surface area contributed by atoms with E-state index in [-0.39, 0.29) is 37.7 Å². The molecule has 0 fully saturated rings. The number of ether oxygens (including phenoxy) is 3. The van der Waals surface area contributed by atoms with Gasteiger partial charge in [-0.15, -0.1) is 13.2 Å². The average molecular weight is 525 g/mol. The zero-order chi connectivity index (χ0) is 26.8. The molecule has 1 aromatic rings. The van der Waals surface area contributed by atoms with Crippen LogP contribution in [0.2, 0.25) is 5.02 Å². The first-order valence-electron chi connectivity index (χ1n) is 10.6. The molecule has 0 heterocycles. The van der Waals surface area contributed by atoms with Crippen molar-refractivity contribution in [2.75, 3.05) is 19.7 Å². The topological polar surface area (TPSA) is 111 Å². The van der Waals surface area contributed by atoms with Gasteiger partial charge in [-0.05, 0) is 45.4 Å². The molecule has 1 N–H and O–H groups in total. The van der Waals surface area contributed by atoms with E-state index >= 15 is 0 Å². The summed E-state index contributed by atoms with van der Waals surface area (Å²) in [6.45, 7) is 6.00. The number of carbonyl (C=O) groups is 4. The molecule has 13 heteroatoms. The Labute approximate surface area is 205 Å². The fraction of sp³-hybridized carbons (Fsp3) is 0.545. The second kappa shape index (κ2) is 13.2. The minimum Gasteiger partial charge on any atom is -0.466 e. The van der Waals surface area contributed by atoms with Crippen LogP contribution in [-0.2, 0) is 30.4 Å². The van der Waals surface area contributed by atoms with Crippen LogP contribution in [0.3, 0.4) is 0 Å². The number of hydrogen-bond donors (Lipinski definition) is 1. The third-order valence-electron chi connectivity index (χ3n) is 3.99. The Kier molecular flexibility index (Phi) is 11.3. The van der Waals surface area contributed by atoms with E-state index in [1.165, 1.54) is 17.0 Å². The third kappa shape index (κ3) is 12.9. The van der Waals surface area contributed by atoms with Crippen molar-refractivity contribution >= 4 is 35.4 Å². The fourth-order valence-corrected chi connectivity index (χ4v) is 2.83. The van der Waals surface area contributed by atoms with E-state index in [0.717, 1.165) is 6.07 Å². The molecular weight excluding hydrogens is 497 g/mol. The van der Waals surface area contributed by atoms with Gasteiger partial charge in [0, 0.05) is 19.5 Å². The van der Waals surface area contributed by atoms with Crippen LogP contribution in [-0.4, -0.2) is 60.3 Å². The van der Waals surface area contributed by atoms with Gasteiger partial charge in [-0.25, -0.2) is 4.79 Å². The quantitative estimate of drug-likeness (QED) is 0.344. The minimum atomic E-state index is -4.92. The predicted molar refractivity (Wildman–Crippen MR) is 119 cm³/mol. The fourth-order valence-electron chi connectivity index (χ4n) is 2.59. The summed E-state index contributed by atoms with van der Waals surface area (Å²) >= 11 is 5.87. The highest BCUT2D eigenvalue weighted by molar-refractivity contribution is 6.32. The largest absolute Gasteiger partial charge is 0.573 e. The van der Waals surface area contributed by atoms with Gasteiger partial charge in [-0.1, -0.05) is 17.7 Å². The molecule has 196 valence electrons. The molecule has 1 aromatic carbocycles. The predicted octanol–water partition coefficient (Wildman–Crippen LogP) is 4.00. The summed E-state index contributed by atoms with van der Waals surface area (Å²) < 4.78 is 51.2. The number of carbonyl (C=O) groups excluding carboxylic acids is 4. The number of benzene rings is 1. The molecule has 0 spiro atoms. The number of Topliss-reactive ketones (excluding diaryl/α,β-unsaturated/α-hetero) is 1. The van der Waals surface area contributed by atoms with E-state index in [9.17, 15) is 32.3 Å². The van der Waals surface area contributed by atoms with E-state index in [0.29, 0.717) is 5.56 Å². The van der Waals surface area contributed by atoms with Gasteiger partial charge in [-0.2, -0.15) is 0 Å². The molecule has 0 aliphatic rings. The lowest BCUT2D eigenvalue weighted by molar-refractivity contribution is -0.274. The van der Waals surface area contributed by atoms with E-state index in [2.05, 4.69) is 14.8 Å². The molecule has 0 aliphatic heterocycles. The standard InChI is InChI=1S/C22H28ClF3N2O7/c1-5-33-19(31)11-15(29)12-27-18(30)8-9-28(20(32)35-21(2,3)4)13-14-6-7-17(16(23)10-14)34-22(24,25)26/h6-7,10H,5,8-9,11-13H2,1-4H3,(H,27,30). The number of nitrogens with one attached hydrogen (secondary N) is 1. The number of rotatable bonds is 11. The van der Waals surface area contributed by atoms with Crippen LogP contribution in [0, 0.1) is 0 Å². The highest BCUT2D eigenvalue weighted by atomic mass is 35.5. The van der Waals surface area contributed by atoms with Crippen molar-refractivity contribution in [3.05, 3.63) is 28.8 Å². The van der Waals surface area contributed by atoms with Crippen molar-refractivity contribution in [3.63, 3.8) is 0 Å². The van der Waals surface area contributed by atoms with Gasteiger partial charge in [0.1, 0.15) is 17.8 Å². The van der Waals surface area contributed by atoms with Gasteiger partial charge >= 0.3 is 18.4 Å². The number of esters is 1. The normalized spacial score (nSPS) is 11.4. The molecule has 35 heavy (non-hydrogen) atoms. The molecule has 0 unspecified atom stereocenters. The third-order valence-corrected chi connectivity index (χ3v) is 4.28. The maximum Gasteiger partial charge on any atom is 0.573 e. The van der Waals surface area contributed by atoms with E-state index in [1.807, 2.05) is 0 Å². The first kappa shape index (κ1) is 30.0. The molecule has 2 amide bonds. The summed E-state index contributed by atoms with van der Waals surface area (Å²) in [6, 6.07) is 3.51. The van der Waals surface area contributed by atoms with E-state index in [1.54, 1.807) is 27.7 Å². The van der Waals surface area contributed by atoms with Crippen LogP contribution in [0.5, 0.6) is 5.75 Å². The Morgan fingerprint density at radius 3 is 2.31 bits per heavy atom. The Balaban J connectivity index is 2.81. The molecule has 0 saturated carbocycles. The highest BCUT2D eigenvalue weighted by Crippen LogP contribution is 2.31. The molecular formula is C22H28ClF3N2O7. The zero-order valence-corrected chi connectivity index (χ0v) is 20.5. The SMILES string of the molecule is CCOC(=O)CC(=O)CNC(=O)CCN(Cc1ccc(OC(F)(F)F)c(Cl)c1)C(=O)OC(C)(C)C. The maximum absolute atomic E-state index is 12.6. The number of ketones is 1. The lowest BCUT2D eigenvalue weighted by Crippen LogP contribution is -2.39. The number of hydrogen-bond acceptors (Lipinski definition) is 7. The van der Waals surface area contributed by atoms with Gasteiger partial charge in [0.25, 0.3) is 0 Å². The molecule has 1 rings (SSSR count). The summed E-state index contributed by atoms with van der Waals surface area (Å²) in [7, 11) is 0. The Morgan fingerprint density at radius 1 is 1.11 bits per heavy atom. The Bertz CT molecular complexity index is 917. The van der Waals surface area contributed by atoms with Crippen LogP contribution in [0.1, 0.15) is 46.1 Å². The first-order chi connectivity index (χ1) is 16.1. The summed E-state index contributed by atoms with van der Waals surface area (Å²) in [5.41, 5.74) is -0.487. The van der Waals surface area contributed by atoms with Crippen molar-refractivity contribution < 1.29 is 46.6 Å². The van der Waals surface area contributed by atoms with Crippen molar-refractivity contribution in [1.82, 2.24) is 10.2 Å². The monoisotopic (exact) mass is 524 g/mol. The van der Waals surface area contributed by atoms with Crippen LogP contribution >= 0.6 is 11.6 Å².